The lowest BCUT2D eigenvalue weighted by Gasteiger charge is -2.05. The number of rotatable bonds is 4. The molecule has 2 saturated carbocycles. The van der Waals surface area contributed by atoms with Crippen LogP contribution in [-0.4, -0.2) is 19.5 Å². The first-order valence-corrected chi connectivity index (χ1v) is 7.88. The molecule has 1 amide bonds. The van der Waals surface area contributed by atoms with Crippen LogP contribution in [0.3, 0.4) is 0 Å². The van der Waals surface area contributed by atoms with Crippen molar-refractivity contribution in [1.82, 2.24) is 9.88 Å². The van der Waals surface area contributed by atoms with Gasteiger partial charge in [-0.3, -0.25) is 4.79 Å². The van der Waals surface area contributed by atoms with E-state index in [-0.39, 0.29) is 22.3 Å². The normalized spacial score (nSPS) is 26.2. The highest BCUT2D eigenvalue weighted by Gasteiger charge is 2.51. The van der Waals surface area contributed by atoms with Crippen molar-refractivity contribution in [1.29, 1.82) is 0 Å². The maximum atomic E-state index is 12.1. The lowest BCUT2D eigenvalue weighted by atomic mass is 10.2. The summed E-state index contributed by atoms with van der Waals surface area (Å²) in [5.41, 5.74) is 0.271. The van der Waals surface area contributed by atoms with E-state index in [2.05, 4.69) is 9.88 Å². The zero-order chi connectivity index (χ0) is 13.8. The summed E-state index contributed by atoms with van der Waals surface area (Å²) in [5, 5.41) is 3.60. The first-order valence-electron chi connectivity index (χ1n) is 6.39. The van der Waals surface area contributed by atoms with Crippen molar-refractivity contribution in [3.05, 3.63) is 11.5 Å². The Morgan fingerprint density at radius 3 is 2.58 bits per heavy atom. The van der Waals surface area contributed by atoms with Crippen LogP contribution >= 0.6 is 0 Å². The lowest BCUT2D eigenvalue weighted by Crippen LogP contribution is -2.32. The molecular weight excluding hydrogens is 268 g/mol. The smallest absolute Gasteiger partial charge is 0.269 e. The molecule has 0 aliphatic heterocycles. The summed E-state index contributed by atoms with van der Waals surface area (Å²) in [5.74, 6) is 0.698. The fourth-order valence-corrected chi connectivity index (χ4v) is 4.04. The molecule has 2 aliphatic rings. The summed E-state index contributed by atoms with van der Waals surface area (Å²) < 4.78 is 31.3. The molecule has 0 aromatic carbocycles. The van der Waals surface area contributed by atoms with Gasteiger partial charge in [0.2, 0.25) is 5.91 Å². The van der Waals surface area contributed by atoms with Gasteiger partial charge in [-0.05, 0) is 44.9 Å². The number of aryl methyl sites for hydroxylation is 2. The molecule has 1 N–H and O–H groups in total. The highest BCUT2D eigenvalue weighted by atomic mass is 32.2. The van der Waals surface area contributed by atoms with Gasteiger partial charge in [0.25, 0.3) is 10.0 Å². The Morgan fingerprint density at radius 2 is 2.05 bits per heavy atom. The van der Waals surface area contributed by atoms with E-state index in [1.165, 1.54) is 19.8 Å². The molecule has 1 aromatic heterocycles. The van der Waals surface area contributed by atoms with Crippen molar-refractivity contribution >= 4 is 15.9 Å². The van der Waals surface area contributed by atoms with Crippen LogP contribution in [0.2, 0.25) is 0 Å². The molecule has 0 spiro atoms. The molecule has 3 rings (SSSR count). The largest absolute Gasteiger partial charge is 0.360 e. The third-order valence-corrected chi connectivity index (χ3v) is 5.47. The predicted octanol–water partition coefficient (Wildman–Crippen LogP) is 1.14. The summed E-state index contributed by atoms with van der Waals surface area (Å²) in [4.78, 5) is 11.9. The fraction of sp³-hybridized carbons (Fsp3) is 0.667. The van der Waals surface area contributed by atoms with Crippen molar-refractivity contribution in [3.8, 4) is 0 Å². The zero-order valence-corrected chi connectivity index (χ0v) is 11.7. The second-order valence-corrected chi connectivity index (χ2v) is 7.09. The van der Waals surface area contributed by atoms with Crippen LogP contribution in [0.5, 0.6) is 0 Å². The maximum Gasteiger partial charge on any atom is 0.269 e. The predicted molar refractivity (Wildman–Crippen MR) is 65.6 cm³/mol. The molecule has 0 saturated heterocycles. The van der Waals surface area contributed by atoms with E-state index in [1.54, 1.807) is 6.92 Å². The van der Waals surface area contributed by atoms with Crippen LogP contribution in [0.25, 0.3) is 0 Å². The minimum atomic E-state index is -3.87. The van der Waals surface area contributed by atoms with Gasteiger partial charge >= 0.3 is 0 Å². The quantitative estimate of drug-likeness (QED) is 0.895. The fourth-order valence-electron chi connectivity index (χ4n) is 2.68. The van der Waals surface area contributed by atoms with E-state index in [1.807, 2.05) is 0 Å². The van der Waals surface area contributed by atoms with Gasteiger partial charge in [-0.2, -0.15) is 0 Å². The number of sulfonamides is 1. The summed E-state index contributed by atoms with van der Waals surface area (Å²) in [6.07, 6.45) is 3.16. The molecule has 19 heavy (non-hydrogen) atoms. The molecule has 1 heterocycles. The monoisotopic (exact) mass is 284 g/mol. The molecule has 6 nitrogen and oxygen atoms in total. The van der Waals surface area contributed by atoms with Crippen molar-refractivity contribution in [3.63, 3.8) is 0 Å². The Hall–Kier alpha value is -1.37. The minimum Gasteiger partial charge on any atom is -0.360 e. The number of amides is 1. The molecule has 0 radical (unpaired) electrons. The third kappa shape index (κ3) is 2.27. The van der Waals surface area contributed by atoms with E-state index >= 15 is 0 Å². The van der Waals surface area contributed by atoms with E-state index in [4.69, 9.17) is 4.52 Å². The van der Waals surface area contributed by atoms with Crippen LogP contribution in [0.1, 0.15) is 30.7 Å². The average Bonchev–Trinajstić information content (AvgIpc) is 3.16. The van der Waals surface area contributed by atoms with Crippen molar-refractivity contribution in [2.24, 2.45) is 17.8 Å². The van der Waals surface area contributed by atoms with Crippen LogP contribution in [0.4, 0.5) is 0 Å². The second-order valence-electron chi connectivity index (χ2n) is 5.47. The first kappa shape index (κ1) is 12.7. The highest BCUT2D eigenvalue weighted by Crippen LogP contribution is 2.54. The van der Waals surface area contributed by atoms with E-state index in [0.29, 0.717) is 11.8 Å². The molecule has 0 bridgehead atoms. The van der Waals surface area contributed by atoms with Crippen molar-refractivity contribution < 1.29 is 17.7 Å². The number of aromatic nitrogens is 1. The Morgan fingerprint density at radius 1 is 1.37 bits per heavy atom. The zero-order valence-electron chi connectivity index (χ0n) is 10.8. The number of carbonyl (C=O) groups excluding carboxylic acids is 1. The summed E-state index contributed by atoms with van der Waals surface area (Å²) in [6.45, 7) is 3.06. The van der Waals surface area contributed by atoms with Gasteiger partial charge in [0.15, 0.2) is 10.7 Å². The van der Waals surface area contributed by atoms with Crippen LogP contribution in [0, 0.1) is 31.6 Å². The molecule has 7 heteroatoms. The lowest BCUT2D eigenvalue weighted by molar-refractivity contribution is -0.120. The maximum absolute atomic E-state index is 12.1. The van der Waals surface area contributed by atoms with Crippen LogP contribution < -0.4 is 4.72 Å². The molecule has 2 fully saturated rings. The Labute approximate surface area is 111 Å². The number of hydrogen-bond donors (Lipinski definition) is 1. The minimum absolute atomic E-state index is 0.0236. The Balaban J connectivity index is 1.73. The van der Waals surface area contributed by atoms with E-state index < -0.39 is 15.9 Å². The molecular formula is C12H16N2O4S. The SMILES string of the molecule is Cc1noc(C)c1S(=O)(=O)NC(=O)[C@H]1C[C@@H]1C1CC1. The Bertz CT molecular complexity index is 611. The second kappa shape index (κ2) is 4.06. The average molecular weight is 284 g/mol. The molecule has 104 valence electrons. The van der Waals surface area contributed by atoms with Crippen LogP contribution in [0.15, 0.2) is 9.42 Å². The van der Waals surface area contributed by atoms with Gasteiger partial charge in [0, 0.05) is 5.92 Å². The Kier molecular flexibility index (Phi) is 2.70. The molecule has 2 aliphatic carbocycles. The number of carbonyl (C=O) groups is 1. The standard InChI is InChI=1S/C12H16N2O4S/c1-6-11(7(2)18-13-6)19(16,17)14-12(15)10-5-9(10)8-3-4-8/h8-10H,3-5H2,1-2H3,(H,14,15)/t9-,10+/m1/s1. The van der Waals surface area contributed by atoms with Crippen molar-refractivity contribution in [2.75, 3.05) is 0 Å². The van der Waals surface area contributed by atoms with Gasteiger partial charge in [-0.25, -0.2) is 13.1 Å². The first-order chi connectivity index (χ1) is 8.90. The number of nitrogens with one attached hydrogen (secondary N) is 1. The summed E-state index contributed by atoms with van der Waals surface area (Å²) in [7, 11) is -3.87. The molecule has 1 aromatic rings. The van der Waals surface area contributed by atoms with E-state index in [9.17, 15) is 13.2 Å². The highest BCUT2D eigenvalue weighted by molar-refractivity contribution is 7.90. The van der Waals surface area contributed by atoms with Gasteiger partial charge in [-0.15, -0.1) is 0 Å². The topological polar surface area (TPSA) is 89.3 Å². The molecule has 2 atom stereocenters. The van der Waals surface area contributed by atoms with Crippen molar-refractivity contribution in [2.45, 2.75) is 38.0 Å². The van der Waals surface area contributed by atoms with Gasteiger partial charge < -0.3 is 4.52 Å². The number of hydrogen-bond acceptors (Lipinski definition) is 5. The summed E-state index contributed by atoms with van der Waals surface area (Å²) in [6, 6.07) is 0. The molecule has 0 unspecified atom stereocenters. The van der Waals surface area contributed by atoms with Gasteiger partial charge in [0.1, 0.15) is 5.69 Å². The summed E-state index contributed by atoms with van der Waals surface area (Å²) >= 11 is 0. The van der Waals surface area contributed by atoms with Gasteiger partial charge in [0.05, 0.1) is 0 Å². The third-order valence-electron chi connectivity index (χ3n) is 3.88. The van der Waals surface area contributed by atoms with Crippen LogP contribution in [-0.2, 0) is 14.8 Å². The van der Waals surface area contributed by atoms with Gasteiger partial charge in [-0.1, -0.05) is 5.16 Å². The number of nitrogens with zero attached hydrogens (tertiary/aromatic N) is 1. The van der Waals surface area contributed by atoms with E-state index in [0.717, 1.165) is 6.42 Å².